The summed E-state index contributed by atoms with van der Waals surface area (Å²) in [4.78, 5) is 4.75. The zero-order chi connectivity index (χ0) is 11.7. The summed E-state index contributed by atoms with van der Waals surface area (Å²) in [5, 5.41) is 9.44. The summed E-state index contributed by atoms with van der Waals surface area (Å²) in [6, 6.07) is 7.00. The summed E-state index contributed by atoms with van der Waals surface area (Å²) >= 11 is 3.23. The number of halogens is 1. The Labute approximate surface area is 102 Å². The Kier molecular flexibility index (Phi) is 3.01. The van der Waals surface area contributed by atoms with Crippen LogP contribution in [0.25, 0.3) is 11.3 Å². The Morgan fingerprint density at radius 1 is 1.38 bits per heavy atom. The molecule has 1 N–H and O–H groups in total. The van der Waals surface area contributed by atoms with Gasteiger partial charge in [0.1, 0.15) is 17.2 Å². The van der Waals surface area contributed by atoms with Gasteiger partial charge in [-0.05, 0) is 12.1 Å². The Morgan fingerprint density at radius 2 is 2.12 bits per heavy atom. The molecule has 0 saturated heterocycles. The van der Waals surface area contributed by atoms with E-state index < -0.39 is 0 Å². The van der Waals surface area contributed by atoms with E-state index in [0.717, 1.165) is 17.0 Å². The van der Waals surface area contributed by atoms with E-state index in [1.807, 2.05) is 19.9 Å². The van der Waals surface area contributed by atoms with Gasteiger partial charge in [-0.15, -0.1) is 0 Å². The zero-order valence-corrected chi connectivity index (χ0v) is 10.7. The standard InChI is InChI=1S/C12H12BrNO2/c1-7(2)11-10(14-12(13)16-11)8-4-3-5-9(15)6-8/h3-7,15H,1-2H3. The van der Waals surface area contributed by atoms with E-state index in [1.165, 1.54) is 0 Å². The van der Waals surface area contributed by atoms with Crippen LogP contribution in [0.15, 0.2) is 33.5 Å². The second-order valence-electron chi connectivity index (χ2n) is 3.88. The first-order valence-corrected chi connectivity index (χ1v) is 5.83. The second-order valence-corrected chi connectivity index (χ2v) is 4.56. The first-order valence-electron chi connectivity index (χ1n) is 5.03. The molecule has 0 aliphatic carbocycles. The van der Waals surface area contributed by atoms with Crippen molar-refractivity contribution in [2.45, 2.75) is 19.8 Å². The molecule has 0 amide bonds. The molecule has 2 rings (SSSR count). The van der Waals surface area contributed by atoms with Crippen LogP contribution in [0, 0.1) is 0 Å². The first kappa shape index (κ1) is 11.2. The van der Waals surface area contributed by atoms with E-state index in [1.54, 1.807) is 18.2 Å². The molecule has 1 aromatic carbocycles. The highest BCUT2D eigenvalue weighted by Crippen LogP contribution is 2.32. The average Bonchev–Trinajstić information content (AvgIpc) is 2.60. The van der Waals surface area contributed by atoms with Gasteiger partial charge in [0.2, 0.25) is 0 Å². The highest BCUT2D eigenvalue weighted by molar-refractivity contribution is 9.10. The maximum Gasteiger partial charge on any atom is 0.264 e. The fourth-order valence-corrected chi connectivity index (χ4v) is 1.91. The van der Waals surface area contributed by atoms with E-state index in [9.17, 15) is 5.11 Å². The lowest BCUT2D eigenvalue weighted by molar-refractivity contribution is 0.461. The average molecular weight is 282 g/mol. The third-order valence-electron chi connectivity index (χ3n) is 2.27. The summed E-state index contributed by atoms with van der Waals surface area (Å²) in [6.07, 6.45) is 0. The topological polar surface area (TPSA) is 46.3 Å². The van der Waals surface area contributed by atoms with Crippen molar-refractivity contribution in [2.75, 3.05) is 0 Å². The Balaban J connectivity index is 2.55. The number of rotatable bonds is 2. The molecule has 2 aromatic rings. The minimum absolute atomic E-state index is 0.228. The van der Waals surface area contributed by atoms with E-state index in [4.69, 9.17) is 4.42 Å². The number of aromatic nitrogens is 1. The Hall–Kier alpha value is -1.29. The molecule has 0 aliphatic heterocycles. The molecule has 0 fully saturated rings. The maximum absolute atomic E-state index is 9.44. The molecule has 1 aromatic heterocycles. The number of oxazole rings is 1. The molecule has 16 heavy (non-hydrogen) atoms. The van der Waals surface area contributed by atoms with Crippen LogP contribution >= 0.6 is 15.9 Å². The fourth-order valence-electron chi connectivity index (χ4n) is 1.56. The molecule has 0 bridgehead atoms. The van der Waals surface area contributed by atoms with Crippen LogP contribution in [0.4, 0.5) is 0 Å². The van der Waals surface area contributed by atoms with E-state index in [-0.39, 0.29) is 11.7 Å². The zero-order valence-electron chi connectivity index (χ0n) is 9.07. The van der Waals surface area contributed by atoms with Crippen LogP contribution in [-0.2, 0) is 0 Å². The van der Waals surface area contributed by atoms with Crippen LogP contribution in [-0.4, -0.2) is 10.1 Å². The molecular weight excluding hydrogens is 270 g/mol. The van der Waals surface area contributed by atoms with E-state index >= 15 is 0 Å². The van der Waals surface area contributed by atoms with Gasteiger partial charge >= 0.3 is 0 Å². The van der Waals surface area contributed by atoms with Gasteiger partial charge in [0.25, 0.3) is 4.80 Å². The molecule has 3 nitrogen and oxygen atoms in total. The van der Waals surface area contributed by atoms with Crippen molar-refractivity contribution in [1.82, 2.24) is 4.98 Å². The molecule has 0 atom stereocenters. The maximum atomic E-state index is 9.44. The van der Waals surface area contributed by atoms with Gasteiger partial charge < -0.3 is 9.52 Å². The predicted molar refractivity (Wildman–Crippen MR) is 65.4 cm³/mol. The largest absolute Gasteiger partial charge is 0.508 e. The van der Waals surface area contributed by atoms with Crippen molar-refractivity contribution in [3.63, 3.8) is 0 Å². The lowest BCUT2D eigenvalue weighted by Gasteiger charge is -2.03. The van der Waals surface area contributed by atoms with Crippen LogP contribution in [0.3, 0.4) is 0 Å². The van der Waals surface area contributed by atoms with Crippen molar-refractivity contribution in [1.29, 1.82) is 0 Å². The normalized spacial score (nSPS) is 11.0. The minimum Gasteiger partial charge on any atom is -0.508 e. The molecule has 84 valence electrons. The number of benzene rings is 1. The number of nitrogens with zero attached hydrogens (tertiary/aromatic N) is 1. The van der Waals surface area contributed by atoms with Gasteiger partial charge in [-0.2, -0.15) is 0 Å². The Morgan fingerprint density at radius 3 is 2.75 bits per heavy atom. The lowest BCUT2D eigenvalue weighted by Crippen LogP contribution is -1.88. The molecule has 4 heteroatoms. The second kappa shape index (κ2) is 4.29. The molecular formula is C12H12BrNO2. The number of hydrogen-bond acceptors (Lipinski definition) is 3. The van der Waals surface area contributed by atoms with Crippen LogP contribution in [0.2, 0.25) is 0 Å². The summed E-state index contributed by atoms with van der Waals surface area (Å²) in [7, 11) is 0. The number of hydrogen-bond donors (Lipinski definition) is 1. The summed E-state index contributed by atoms with van der Waals surface area (Å²) in [5.74, 6) is 1.29. The molecule has 0 spiro atoms. The van der Waals surface area contributed by atoms with Gasteiger partial charge in [0.05, 0.1) is 0 Å². The third kappa shape index (κ3) is 2.11. The van der Waals surface area contributed by atoms with Gasteiger partial charge in [-0.1, -0.05) is 26.0 Å². The third-order valence-corrected chi connectivity index (χ3v) is 2.61. The van der Waals surface area contributed by atoms with Crippen molar-refractivity contribution >= 4 is 15.9 Å². The van der Waals surface area contributed by atoms with E-state index in [2.05, 4.69) is 20.9 Å². The Bertz CT molecular complexity index is 505. The van der Waals surface area contributed by atoms with Gasteiger partial charge in [-0.3, -0.25) is 0 Å². The van der Waals surface area contributed by atoms with Crippen LogP contribution in [0.1, 0.15) is 25.5 Å². The SMILES string of the molecule is CC(C)c1oc(Br)nc1-c1cccc(O)c1. The molecule has 0 radical (unpaired) electrons. The summed E-state index contributed by atoms with van der Waals surface area (Å²) < 4.78 is 5.49. The molecule has 0 unspecified atom stereocenters. The van der Waals surface area contributed by atoms with Crippen molar-refractivity contribution < 1.29 is 9.52 Å². The minimum atomic E-state index is 0.228. The van der Waals surface area contributed by atoms with Crippen molar-refractivity contribution in [3.05, 3.63) is 34.8 Å². The van der Waals surface area contributed by atoms with Crippen LogP contribution < -0.4 is 0 Å². The van der Waals surface area contributed by atoms with Crippen molar-refractivity contribution in [2.24, 2.45) is 0 Å². The summed E-state index contributed by atoms with van der Waals surface area (Å²) in [5.41, 5.74) is 1.64. The van der Waals surface area contributed by atoms with E-state index in [0.29, 0.717) is 4.80 Å². The number of aromatic hydroxyl groups is 1. The summed E-state index contributed by atoms with van der Waals surface area (Å²) in [6.45, 7) is 4.08. The van der Waals surface area contributed by atoms with Gasteiger partial charge in [0.15, 0.2) is 0 Å². The van der Waals surface area contributed by atoms with Crippen molar-refractivity contribution in [3.8, 4) is 17.0 Å². The predicted octanol–water partition coefficient (Wildman–Crippen LogP) is 3.93. The fraction of sp³-hybridized carbons (Fsp3) is 0.250. The lowest BCUT2D eigenvalue weighted by atomic mass is 10.0. The quantitative estimate of drug-likeness (QED) is 0.907. The highest BCUT2D eigenvalue weighted by atomic mass is 79.9. The number of phenols is 1. The first-order chi connectivity index (χ1) is 7.58. The molecule has 1 heterocycles. The molecule has 0 saturated carbocycles. The molecule has 0 aliphatic rings. The number of phenolic OH excluding ortho intramolecular Hbond substituents is 1. The smallest absolute Gasteiger partial charge is 0.264 e. The monoisotopic (exact) mass is 281 g/mol. The van der Waals surface area contributed by atoms with Gasteiger partial charge in [-0.25, -0.2) is 4.98 Å². The highest BCUT2D eigenvalue weighted by Gasteiger charge is 2.16. The van der Waals surface area contributed by atoms with Crippen LogP contribution in [0.5, 0.6) is 5.75 Å². The van der Waals surface area contributed by atoms with Gasteiger partial charge in [0, 0.05) is 27.4 Å².